The van der Waals surface area contributed by atoms with Crippen molar-refractivity contribution in [2.45, 2.75) is 33.6 Å². The van der Waals surface area contributed by atoms with Crippen LogP contribution in [0.1, 0.15) is 30.9 Å². The molecule has 34 heavy (non-hydrogen) atoms. The molecule has 0 bridgehead atoms. The highest BCUT2D eigenvalue weighted by Gasteiger charge is 2.32. The largest absolute Gasteiger partial charge is 0.494 e. The first-order valence-corrected chi connectivity index (χ1v) is 13.2. The van der Waals surface area contributed by atoms with Gasteiger partial charge in [0, 0.05) is 45.0 Å². The number of aryl methyl sites for hydroxylation is 2. The highest BCUT2D eigenvalue weighted by atomic mass is 32.1. The number of ether oxygens (including phenoxy) is 1. The van der Waals surface area contributed by atoms with Gasteiger partial charge in [0.15, 0.2) is 5.13 Å². The van der Waals surface area contributed by atoms with Gasteiger partial charge in [0.1, 0.15) is 5.75 Å². The summed E-state index contributed by atoms with van der Waals surface area (Å²) in [6.45, 7) is 12.1. The molecule has 2 aromatic carbocycles. The van der Waals surface area contributed by atoms with E-state index in [-0.39, 0.29) is 5.92 Å². The van der Waals surface area contributed by atoms with Gasteiger partial charge < -0.3 is 19.4 Å². The smallest absolute Gasteiger partial charge is 0.227 e. The predicted octanol–water partition coefficient (Wildman–Crippen LogP) is 4.88. The Morgan fingerprint density at radius 2 is 1.88 bits per heavy atom. The Morgan fingerprint density at radius 3 is 2.68 bits per heavy atom. The maximum Gasteiger partial charge on any atom is 0.227 e. The summed E-state index contributed by atoms with van der Waals surface area (Å²) in [4.78, 5) is 25.1. The predicted molar refractivity (Wildman–Crippen MR) is 140 cm³/mol. The van der Waals surface area contributed by atoms with Gasteiger partial charge in [0.2, 0.25) is 5.91 Å². The van der Waals surface area contributed by atoms with Crippen molar-refractivity contribution in [3.8, 4) is 5.75 Å². The van der Waals surface area contributed by atoms with Gasteiger partial charge in [0.25, 0.3) is 0 Å². The van der Waals surface area contributed by atoms with Crippen LogP contribution in [0.15, 0.2) is 36.4 Å². The summed E-state index contributed by atoms with van der Waals surface area (Å²) >= 11 is 1.70. The first kappa shape index (κ1) is 23.0. The number of nitrogens with zero attached hydrogens (tertiary/aromatic N) is 4. The summed E-state index contributed by atoms with van der Waals surface area (Å²) in [7, 11) is 0. The normalized spacial score (nSPS) is 19.0. The minimum atomic E-state index is 0.0482. The SMILES string of the molecule is CCOc1ccc2nc(N3CCC[C@H](C(=O)N4CCN(c5cc(C)ccc5C)CC4)C3)sc2c1. The molecule has 0 unspecified atom stereocenters. The van der Waals surface area contributed by atoms with Crippen LogP contribution in [0, 0.1) is 19.8 Å². The molecule has 2 aliphatic heterocycles. The third-order valence-corrected chi connectivity index (χ3v) is 8.08. The van der Waals surface area contributed by atoms with E-state index in [1.807, 2.05) is 19.1 Å². The number of carbonyl (C=O) groups is 1. The second-order valence-corrected chi connectivity index (χ2v) is 10.5. The topological polar surface area (TPSA) is 48.9 Å². The zero-order valence-corrected chi connectivity index (χ0v) is 21.2. The Morgan fingerprint density at radius 1 is 1.06 bits per heavy atom. The number of thiazole rings is 1. The number of fused-ring (bicyclic) bond motifs is 1. The maximum absolute atomic E-state index is 13.4. The molecule has 2 aliphatic rings. The molecule has 0 aliphatic carbocycles. The average Bonchev–Trinajstić information content (AvgIpc) is 3.29. The first-order chi connectivity index (χ1) is 16.5. The molecule has 0 saturated carbocycles. The van der Waals surface area contributed by atoms with Crippen molar-refractivity contribution in [2.75, 3.05) is 55.7 Å². The third-order valence-electron chi connectivity index (χ3n) is 7.00. The Balaban J connectivity index is 1.22. The molecule has 1 atom stereocenters. The highest BCUT2D eigenvalue weighted by Crippen LogP contribution is 2.34. The zero-order chi connectivity index (χ0) is 23.7. The van der Waals surface area contributed by atoms with Gasteiger partial charge in [0.05, 0.1) is 22.7 Å². The van der Waals surface area contributed by atoms with Crippen LogP contribution in [0.4, 0.5) is 10.8 Å². The number of piperidine rings is 1. The lowest BCUT2D eigenvalue weighted by Crippen LogP contribution is -2.52. The van der Waals surface area contributed by atoms with Crippen LogP contribution >= 0.6 is 11.3 Å². The zero-order valence-electron chi connectivity index (χ0n) is 20.4. The quantitative estimate of drug-likeness (QED) is 0.523. The summed E-state index contributed by atoms with van der Waals surface area (Å²) in [5, 5.41) is 1.01. The standard InChI is InChI=1S/C27H34N4O2S/c1-4-33-22-9-10-23-25(17-22)34-27(28-23)31-11-5-6-21(18-31)26(32)30-14-12-29(13-15-30)24-16-19(2)7-8-20(24)3/h7-10,16-17,21H,4-6,11-15,18H2,1-3H3/t21-/m0/s1. The van der Waals surface area contributed by atoms with Gasteiger partial charge >= 0.3 is 0 Å². The van der Waals surface area contributed by atoms with E-state index in [2.05, 4.69) is 52.8 Å². The Labute approximate surface area is 206 Å². The van der Waals surface area contributed by atoms with E-state index in [0.29, 0.717) is 12.5 Å². The Hall–Kier alpha value is -2.80. The van der Waals surface area contributed by atoms with E-state index >= 15 is 0 Å². The minimum Gasteiger partial charge on any atom is -0.494 e. The number of amides is 1. The van der Waals surface area contributed by atoms with Crippen LogP contribution in [0.5, 0.6) is 5.75 Å². The summed E-state index contributed by atoms with van der Waals surface area (Å²) in [6, 6.07) is 12.7. The molecule has 0 spiro atoms. The fraction of sp³-hybridized carbons (Fsp3) is 0.481. The van der Waals surface area contributed by atoms with Crippen LogP contribution in [0.25, 0.3) is 10.2 Å². The molecule has 1 aromatic heterocycles. The van der Waals surface area contributed by atoms with Crippen LogP contribution in [-0.4, -0.2) is 61.7 Å². The monoisotopic (exact) mass is 478 g/mol. The summed E-state index contributed by atoms with van der Waals surface area (Å²) in [5.74, 6) is 1.24. The van der Waals surface area contributed by atoms with Crippen LogP contribution in [0.2, 0.25) is 0 Å². The maximum atomic E-state index is 13.4. The van der Waals surface area contributed by atoms with E-state index in [9.17, 15) is 4.79 Å². The number of aromatic nitrogens is 1. The Bertz CT molecular complexity index is 1170. The number of benzene rings is 2. The molecule has 1 amide bonds. The van der Waals surface area contributed by atoms with Crippen molar-refractivity contribution in [2.24, 2.45) is 5.92 Å². The molecule has 5 rings (SSSR count). The molecule has 2 fully saturated rings. The van der Waals surface area contributed by atoms with Crippen molar-refractivity contribution < 1.29 is 9.53 Å². The Kier molecular flexibility index (Phi) is 6.63. The number of hydrogen-bond donors (Lipinski definition) is 0. The van der Waals surface area contributed by atoms with Crippen LogP contribution in [0.3, 0.4) is 0 Å². The number of rotatable bonds is 5. The van der Waals surface area contributed by atoms with Gasteiger partial charge in [-0.2, -0.15) is 0 Å². The highest BCUT2D eigenvalue weighted by molar-refractivity contribution is 7.22. The summed E-state index contributed by atoms with van der Waals surface area (Å²) < 4.78 is 6.78. The van der Waals surface area contributed by atoms with E-state index in [0.717, 1.165) is 73.2 Å². The van der Waals surface area contributed by atoms with E-state index in [1.54, 1.807) is 11.3 Å². The van der Waals surface area contributed by atoms with Crippen molar-refractivity contribution in [1.29, 1.82) is 0 Å². The van der Waals surface area contributed by atoms with Gasteiger partial charge in [-0.3, -0.25) is 4.79 Å². The molecule has 0 N–H and O–H groups in total. The van der Waals surface area contributed by atoms with Gasteiger partial charge in [-0.25, -0.2) is 4.98 Å². The fourth-order valence-electron chi connectivity index (χ4n) is 5.12. The lowest BCUT2D eigenvalue weighted by Gasteiger charge is -2.40. The second-order valence-electron chi connectivity index (χ2n) is 9.45. The number of hydrogen-bond acceptors (Lipinski definition) is 6. The van der Waals surface area contributed by atoms with Gasteiger partial charge in [-0.1, -0.05) is 23.5 Å². The molecule has 3 heterocycles. The van der Waals surface area contributed by atoms with Crippen LogP contribution in [-0.2, 0) is 4.79 Å². The minimum absolute atomic E-state index is 0.0482. The van der Waals surface area contributed by atoms with Gasteiger partial charge in [-0.15, -0.1) is 0 Å². The molecule has 2 saturated heterocycles. The van der Waals surface area contributed by atoms with E-state index < -0.39 is 0 Å². The first-order valence-electron chi connectivity index (χ1n) is 12.4. The summed E-state index contributed by atoms with van der Waals surface area (Å²) in [6.07, 6.45) is 1.99. The second kappa shape index (κ2) is 9.82. The van der Waals surface area contributed by atoms with E-state index in [4.69, 9.17) is 9.72 Å². The molecular formula is C27H34N4O2S. The number of carbonyl (C=O) groups excluding carboxylic acids is 1. The van der Waals surface area contributed by atoms with Crippen molar-refractivity contribution in [1.82, 2.24) is 9.88 Å². The van der Waals surface area contributed by atoms with Crippen LogP contribution < -0.4 is 14.5 Å². The fourth-order valence-corrected chi connectivity index (χ4v) is 6.15. The van der Waals surface area contributed by atoms with Gasteiger partial charge in [-0.05, 0) is 69.0 Å². The summed E-state index contributed by atoms with van der Waals surface area (Å²) in [5.41, 5.74) is 4.89. The molecule has 6 nitrogen and oxygen atoms in total. The average molecular weight is 479 g/mol. The lowest BCUT2D eigenvalue weighted by molar-refractivity contribution is -0.136. The molecular weight excluding hydrogens is 444 g/mol. The molecule has 0 radical (unpaired) electrons. The molecule has 180 valence electrons. The van der Waals surface area contributed by atoms with Crippen molar-refractivity contribution in [3.05, 3.63) is 47.5 Å². The molecule has 7 heteroatoms. The van der Waals surface area contributed by atoms with E-state index in [1.165, 1.54) is 16.8 Å². The van der Waals surface area contributed by atoms with Crippen molar-refractivity contribution >= 4 is 38.3 Å². The molecule has 3 aromatic rings. The number of piperazine rings is 1. The number of anilines is 2. The van der Waals surface area contributed by atoms with Crippen molar-refractivity contribution in [3.63, 3.8) is 0 Å². The third kappa shape index (κ3) is 4.71. The lowest BCUT2D eigenvalue weighted by atomic mass is 9.96.